The minimum atomic E-state index is -0.687. The highest BCUT2D eigenvalue weighted by Crippen LogP contribution is 2.20. The van der Waals surface area contributed by atoms with Gasteiger partial charge < -0.3 is 5.32 Å². The Hall–Kier alpha value is -2.61. The third-order valence-corrected chi connectivity index (χ3v) is 2.76. The molecular formula is C12H10ClN5O3. The van der Waals surface area contributed by atoms with Gasteiger partial charge in [-0.25, -0.2) is 15.0 Å². The Morgan fingerprint density at radius 2 is 2.24 bits per heavy atom. The predicted octanol–water partition coefficient (Wildman–Crippen LogP) is 1.67. The molecule has 2 rings (SSSR count). The van der Waals surface area contributed by atoms with Crippen molar-refractivity contribution in [1.82, 2.24) is 20.3 Å². The quantitative estimate of drug-likeness (QED) is 0.522. The first-order valence-corrected chi connectivity index (χ1v) is 6.22. The van der Waals surface area contributed by atoms with Crippen LogP contribution in [0.5, 0.6) is 0 Å². The zero-order chi connectivity index (χ0) is 15.4. The van der Waals surface area contributed by atoms with Gasteiger partial charge in [-0.15, -0.1) is 0 Å². The van der Waals surface area contributed by atoms with Gasteiger partial charge in [-0.2, -0.15) is 0 Å². The van der Waals surface area contributed by atoms with Crippen molar-refractivity contribution in [2.75, 3.05) is 0 Å². The second-order valence-corrected chi connectivity index (χ2v) is 4.45. The van der Waals surface area contributed by atoms with Crippen molar-refractivity contribution in [2.45, 2.75) is 13.5 Å². The van der Waals surface area contributed by atoms with Crippen LogP contribution in [0.15, 0.2) is 24.5 Å². The van der Waals surface area contributed by atoms with Crippen LogP contribution in [0.3, 0.4) is 0 Å². The van der Waals surface area contributed by atoms with E-state index >= 15 is 0 Å². The molecule has 0 fully saturated rings. The molecule has 8 nitrogen and oxygen atoms in total. The molecule has 0 aliphatic carbocycles. The van der Waals surface area contributed by atoms with Crippen LogP contribution in [0.25, 0.3) is 0 Å². The fourth-order valence-electron chi connectivity index (χ4n) is 1.62. The number of hydrogen-bond donors (Lipinski definition) is 1. The van der Waals surface area contributed by atoms with E-state index in [4.69, 9.17) is 11.6 Å². The molecule has 0 radical (unpaired) electrons. The lowest BCUT2D eigenvalue weighted by Gasteiger charge is -2.06. The molecule has 0 saturated heterocycles. The van der Waals surface area contributed by atoms with Gasteiger partial charge in [0.1, 0.15) is 22.7 Å². The highest BCUT2D eigenvalue weighted by molar-refractivity contribution is 6.29. The normalized spacial score (nSPS) is 10.2. The van der Waals surface area contributed by atoms with Gasteiger partial charge in [-0.05, 0) is 19.1 Å². The van der Waals surface area contributed by atoms with Crippen molar-refractivity contribution in [3.05, 3.63) is 56.9 Å². The van der Waals surface area contributed by atoms with E-state index in [2.05, 4.69) is 20.3 Å². The highest BCUT2D eigenvalue weighted by atomic mass is 35.5. The molecule has 9 heteroatoms. The minimum absolute atomic E-state index is 0.00336. The van der Waals surface area contributed by atoms with Crippen molar-refractivity contribution in [3.63, 3.8) is 0 Å². The maximum Gasteiger partial charge on any atom is 0.300 e. The zero-order valence-corrected chi connectivity index (χ0v) is 11.7. The number of nitro groups is 1. The average molecular weight is 308 g/mol. The number of nitrogens with zero attached hydrogens (tertiary/aromatic N) is 4. The summed E-state index contributed by atoms with van der Waals surface area (Å²) in [5, 5.41) is 13.4. The number of aromatic nitrogens is 3. The van der Waals surface area contributed by atoms with Crippen LogP contribution in [-0.4, -0.2) is 25.8 Å². The van der Waals surface area contributed by atoms with Crippen LogP contribution in [0.1, 0.15) is 21.9 Å². The molecule has 0 bridgehead atoms. The molecule has 2 aromatic rings. The molecule has 2 heterocycles. The number of nitrogens with one attached hydrogen (secondary N) is 1. The van der Waals surface area contributed by atoms with E-state index in [1.807, 2.05) is 0 Å². The van der Waals surface area contributed by atoms with E-state index in [-0.39, 0.29) is 17.3 Å². The summed E-state index contributed by atoms with van der Waals surface area (Å²) in [5.41, 5.74) is 0.0419. The molecule has 1 N–H and O–H groups in total. The van der Waals surface area contributed by atoms with E-state index < -0.39 is 16.5 Å². The monoisotopic (exact) mass is 307 g/mol. The van der Waals surface area contributed by atoms with Crippen LogP contribution in [0, 0.1) is 17.0 Å². The molecule has 0 saturated carbocycles. The van der Waals surface area contributed by atoms with Crippen LogP contribution in [-0.2, 0) is 6.54 Å². The van der Waals surface area contributed by atoms with E-state index in [0.717, 1.165) is 12.3 Å². The summed E-state index contributed by atoms with van der Waals surface area (Å²) in [6.07, 6.45) is 2.52. The van der Waals surface area contributed by atoms with Gasteiger partial charge in [0.2, 0.25) is 0 Å². The van der Waals surface area contributed by atoms with E-state index in [9.17, 15) is 14.9 Å². The maximum atomic E-state index is 12.0. The average Bonchev–Trinajstić information content (AvgIpc) is 2.44. The summed E-state index contributed by atoms with van der Waals surface area (Å²) in [6, 6.07) is 2.79. The summed E-state index contributed by atoms with van der Waals surface area (Å²) in [6.45, 7) is 1.85. The van der Waals surface area contributed by atoms with Gasteiger partial charge in [0.25, 0.3) is 11.6 Å². The summed E-state index contributed by atoms with van der Waals surface area (Å²) in [5.74, 6) is -0.0537. The topological polar surface area (TPSA) is 111 Å². The number of aryl methyl sites for hydroxylation is 1. The van der Waals surface area contributed by atoms with Crippen molar-refractivity contribution in [2.24, 2.45) is 0 Å². The van der Waals surface area contributed by atoms with Crippen molar-refractivity contribution >= 4 is 23.2 Å². The lowest BCUT2D eigenvalue weighted by atomic mass is 10.2. The number of pyridine rings is 1. The molecule has 108 valence electrons. The Labute approximate surface area is 124 Å². The van der Waals surface area contributed by atoms with Crippen LogP contribution in [0.2, 0.25) is 5.15 Å². The summed E-state index contributed by atoms with van der Waals surface area (Å²) >= 11 is 5.67. The lowest BCUT2D eigenvalue weighted by molar-refractivity contribution is -0.385. The van der Waals surface area contributed by atoms with Crippen LogP contribution in [0.4, 0.5) is 5.69 Å². The molecule has 21 heavy (non-hydrogen) atoms. The van der Waals surface area contributed by atoms with Crippen molar-refractivity contribution < 1.29 is 9.72 Å². The number of amides is 1. The molecule has 0 atom stereocenters. The number of rotatable bonds is 4. The molecule has 0 aliphatic heterocycles. The molecule has 0 spiro atoms. The maximum absolute atomic E-state index is 12.0. The Morgan fingerprint density at radius 3 is 2.90 bits per heavy atom. The molecule has 2 aromatic heterocycles. The minimum Gasteiger partial charge on any atom is -0.346 e. The summed E-state index contributed by atoms with van der Waals surface area (Å²) in [4.78, 5) is 33.9. The number of halogens is 1. The number of carbonyl (C=O) groups is 1. The van der Waals surface area contributed by atoms with Gasteiger partial charge in [0.15, 0.2) is 0 Å². The fraction of sp³-hybridized carbons (Fsp3) is 0.167. The Balaban J connectivity index is 2.17. The van der Waals surface area contributed by atoms with E-state index in [0.29, 0.717) is 11.5 Å². The SMILES string of the molecule is Cc1nccc(CNC(=O)c2cc(Cl)ncc2[N+](=O)[O-])n1. The number of carbonyl (C=O) groups excluding carboxylic acids is 1. The third-order valence-electron chi connectivity index (χ3n) is 2.55. The van der Waals surface area contributed by atoms with Gasteiger partial charge in [0.05, 0.1) is 17.2 Å². The Bertz CT molecular complexity index is 707. The van der Waals surface area contributed by atoms with Crippen LogP contribution < -0.4 is 5.32 Å². The lowest BCUT2D eigenvalue weighted by Crippen LogP contribution is -2.24. The second kappa shape index (κ2) is 6.23. The summed E-state index contributed by atoms with van der Waals surface area (Å²) < 4.78 is 0. The van der Waals surface area contributed by atoms with Gasteiger partial charge >= 0.3 is 0 Å². The first-order chi connectivity index (χ1) is 9.97. The van der Waals surface area contributed by atoms with E-state index in [1.165, 1.54) is 0 Å². The molecular weight excluding hydrogens is 298 g/mol. The van der Waals surface area contributed by atoms with Gasteiger partial charge in [-0.1, -0.05) is 11.6 Å². The van der Waals surface area contributed by atoms with Gasteiger partial charge in [0, 0.05) is 6.20 Å². The Morgan fingerprint density at radius 1 is 1.48 bits per heavy atom. The second-order valence-electron chi connectivity index (χ2n) is 4.06. The largest absolute Gasteiger partial charge is 0.346 e. The van der Waals surface area contributed by atoms with E-state index in [1.54, 1.807) is 19.2 Å². The molecule has 0 aromatic carbocycles. The fourth-order valence-corrected chi connectivity index (χ4v) is 1.78. The molecule has 1 amide bonds. The van der Waals surface area contributed by atoms with Gasteiger partial charge in [-0.3, -0.25) is 14.9 Å². The molecule has 0 aliphatic rings. The Kier molecular flexibility index (Phi) is 4.39. The summed E-state index contributed by atoms with van der Waals surface area (Å²) in [7, 11) is 0. The standard InChI is InChI=1S/C12H10ClN5O3/c1-7-14-3-2-8(17-7)5-16-12(19)9-4-11(13)15-6-10(9)18(20)21/h2-4,6H,5H2,1H3,(H,16,19). The highest BCUT2D eigenvalue weighted by Gasteiger charge is 2.21. The predicted molar refractivity (Wildman–Crippen MR) is 73.8 cm³/mol. The van der Waals surface area contributed by atoms with Crippen LogP contribution >= 0.6 is 11.6 Å². The first-order valence-electron chi connectivity index (χ1n) is 5.84. The molecule has 0 unspecified atom stereocenters. The zero-order valence-electron chi connectivity index (χ0n) is 10.9. The van der Waals surface area contributed by atoms with Crippen molar-refractivity contribution in [3.8, 4) is 0 Å². The third kappa shape index (κ3) is 3.69. The first kappa shape index (κ1) is 14.8. The van der Waals surface area contributed by atoms with Crippen molar-refractivity contribution in [1.29, 1.82) is 0 Å². The number of hydrogen-bond acceptors (Lipinski definition) is 6. The smallest absolute Gasteiger partial charge is 0.300 e.